The molecule has 0 atom stereocenters. The van der Waals surface area contributed by atoms with Gasteiger partial charge >= 0.3 is 5.97 Å². The van der Waals surface area contributed by atoms with Crippen molar-refractivity contribution >= 4 is 18.0 Å². The van der Waals surface area contributed by atoms with E-state index < -0.39 is 5.97 Å². The van der Waals surface area contributed by atoms with Gasteiger partial charge in [-0.3, -0.25) is 4.79 Å². The molecule has 142 valence electrons. The summed E-state index contributed by atoms with van der Waals surface area (Å²) in [5, 5.41) is 0. The Hall–Kier alpha value is -2.50. The number of hydrogen-bond acceptors (Lipinski definition) is 5. The van der Waals surface area contributed by atoms with Gasteiger partial charge in [0.2, 0.25) is 0 Å². The van der Waals surface area contributed by atoms with Gasteiger partial charge in [0.25, 0.3) is 5.91 Å². The van der Waals surface area contributed by atoms with Gasteiger partial charge in [-0.25, -0.2) is 4.79 Å². The molecular formula is C20H27NO5. The second kappa shape index (κ2) is 9.85. The van der Waals surface area contributed by atoms with Crippen molar-refractivity contribution in [1.29, 1.82) is 0 Å². The molecule has 1 aromatic rings. The van der Waals surface area contributed by atoms with E-state index in [-0.39, 0.29) is 18.6 Å². The molecule has 1 aliphatic rings. The van der Waals surface area contributed by atoms with Gasteiger partial charge < -0.3 is 19.1 Å². The number of carbonyl (C=O) groups excluding carboxylic acids is 2. The van der Waals surface area contributed by atoms with Crippen LogP contribution in [-0.2, 0) is 14.3 Å². The smallest absolute Gasteiger partial charge is 0.331 e. The number of benzene rings is 1. The molecule has 0 bridgehead atoms. The summed E-state index contributed by atoms with van der Waals surface area (Å²) in [5.41, 5.74) is 0.689. The minimum atomic E-state index is -0.569. The molecule has 6 nitrogen and oxygen atoms in total. The van der Waals surface area contributed by atoms with Gasteiger partial charge in [0.05, 0.1) is 14.2 Å². The Balaban J connectivity index is 1.88. The fraction of sp³-hybridized carbons (Fsp3) is 0.500. The lowest BCUT2D eigenvalue weighted by molar-refractivity contribution is -0.148. The van der Waals surface area contributed by atoms with Crippen LogP contribution in [0.15, 0.2) is 24.3 Å². The fourth-order valence-electron chi connectivity index (χ4n) is 3.08. The molecule has 0 radical (unpaired) electrons. The summed E-state index contributed by atoms with van der Waals surface area (Å²) in [6, 6.07) is 5.54. The monoisotopic (exact) mass is 361 g/mol. The average Bonchev–Trinajstić information content (AvgIpc) is 2.70. The summed E-state index contributed by atoms with van der Waals surface area (Å²) in [4.78, 5) is 25.8. The summed E-state index contributed by atoms with van der Waals surface area (Å²) in [5.74, 6) is 0.531. The van der Waals surface area contributed by atoms with E-state index in [1.807, 2.05) is 0 Å². The molecule has 0 N–H and O–H groups in total. The highest BCUT2D eigenvalue weighted by Gasteiger charge is 2.22. The third-order valence-corrected chi connectivity index (χ3v) is 4.69. The molecule has 6 heteroatoms. The molecule has 1 aliphatic carbocycles. The molecule has 0 spiro atoms. The van der Waals surface area contributed by atoms with Crippen molar-refractivity contribution in [3.63, 3.8) is 0 Å². The Morgan fingerprint density at radius 1 is 1.15 bits per heavy atom. The van der Waals surface area contributed by atoms with Crippen molar-refractivity contribution in [3.8, 4) is 11.5 Å². The zero-order valence-corrected chi connectivity index (χ0v) is 15.7. The Bertz CT molecular complexity index is 650. The number of esters is 1. The number of methoxy groups -OCH3 is 2. The van der Waals surface area contributed by atoms with Crippen LogP contribution < -0.4 is 9.47 Å². The minimum absolute atomic E-state index is 0.169. The maximum Gasteiger partial charge on any atom is 0.331 e. The lowest BCUT2D eigenvalue weighted by atomic mass is 9.94. The molecule has 0 saturated heterocycles. The van der Waals surface area contributed by atoms with Gasteiger partial charge in [0.15, 0.2) is 6.61 Å². The standard InChI is InChI=1S/C20H27NO5/c1-21(16-7-5-4-6-8-16)19(22)14-26-20(23)12-9-15-13-17(24-2)10-11-18(15)25-3/h9-13,16H,4-8,14H2,1-3H3. The summed E-state index contributed by atoms with van der Waals surface area (Å²) < 4.78 is 15.5. The van der Waals surface area contributed by atoms with E-state index in [2.05, 4.69) is 0 Å². The first kappa shape index (κ1) is 19.8. The number of carbonyl (C=O) groups is 2. The van der Waals surface area contributed by atoms with E-state index in [0.29, 0.717) is 17.1 Å². The van der Waals surface area contributed by atoms with Gasteiger partial charge in [0, 0.05) is 24.7 Å². The average molecular weight is 361 g/mol. The van der Waals surface area contributed by atoms with E-state index in [1.165, 1.54) is 12.5 Å². The molecule has 0 unspecified atom stereocenters. The highest BCUT2D eigenvalue weighted by Crippen LogP contribution is 2.25. The maximum atomic E-state index is 12.2. The van der Waals surface area contributed by atoms with Crippen molar-refractivity contribution < 1.29 is 23.8 Å². The Kier molecular flexibility index (Phi) is 7.51. The van der Waals surface area contributed by atoms with Crippen LogP contribution in [0.25, 0.3) is 6.08 Å². The lowest BCUT2D eigenvalue weighted by Crippen LogP contribution is -2.40. The molecule has 1 saturated carbocycles. The van der Waals surface area contributed by atoms with E-state index in [9.17, 15) is 9.59 Å². The van der Waals surface area contributed by atoms with Crippen LogP contribution in [0.4, 0.5) is 0 Å². The van der Waals surface area contributed by atoms with Crippen LogP contribution in [0.5, 0.6) is 11.5 Å². The molecule has 0 aliphatic heterocycles. The third kappa shape index (κ3) is 5.51. The molecule has 1 amide bonds. The van der Waals surface area contributed by atoms with Gasteiger partial charge in [-0.1, -0.05) is 19.3 Å². The first-order chi connectivity index (χ1) is 12.5. The van der Waals surface area contributed by atoms with E-state index in [0.717, 1.165) is 25.7 Å². The van der Waals surface area contributed by atoms with Gasteiger partial charge in [-0.15, -0.1) is 0 Å². The number of ether oxygens (including phenoxy) is 3. The summed E-state index contributed by atoms with van der Waals surface area (Å²) in [7, 11) is 4.90. The zero-order valence-electron chi connectivity index (χ0n) is 15.7. The van der Waals surface area contributed by atoms with E-state index in [4.69, 9.17) is 14.2 Å². The lowest BCUT2D eigenvalue weighted by Gasteiger charge is -2.31. The molecule has 0 heterocycles. The van der Waals surface area contributed by atoms with E-state index >= 15 is 0 Å². The summed E-state index contributed by atoms with van der Waals surface area (Å²) >= 11 is 0. The SMILES string of the molecule is COc1ccc(OC)c(C=CC(=O)OCC(=O)N(C)C2CCCCC2)c1. The van der Waals surface area contributed by atoms with E-state index in [1.54, 1.807) is 50.4 Å². The molecule has 26 heavy (non-hydrogen) atoms. The number of amides is 1. The van der Waals surface area contributed by atoms with Crippen molar-refractivity contribution in [2.24, 2.45) is 0 Å². The van der Waals surface area contributed by atoms with Crippen LogP contribution in [0.1, 0.15) is 37.7 Å². The third-order valence-electron chi connectivity index (χ3n) is 4.69. The minimum Gasteiger partial charge on any atom is -0.497 e. The Morgan fingerprint density at radius 3 is 2.54 bits per heavy atom. The van der Waals surface area contributed by atoms with Crippen molar-refractivity contribution in [3.05, 3.63) is 29.8 Å². The second-order valence-corrected chi connectivity index (χ2v) is 6.35. The van der Waals surface area contributed by atoms with Gasteiger partial charge in [0.1, 0.15) is 11.5 Å². The van der Waals surface area contributed by atoms with Crippen LogP contribution in [-0.4, -0.2) is 50.7 Å². The van der Waals surface area contributed by atoms with Crippen LogP contribution in [0.2, 0.25) is 0 Å². The first-order valence-corrected chi connectivity index (χ1v) is 8.87. The van der Waals surface area contributed by atoms with Gasteiger partial charge in [-0.2, -0.15) is 0 Å². The highest BCUT2D eigenvalue weighted by atomic mass is 16.5. The molecule has 0 aromatic heterocycles. The maximum absolute atomic E-state index is 12.2. The number of likely N-dealkylation sites (N-methyl/N-ethyl adjacent to an activating group) is 1. The van der Waals surface area contributed by atoms with Crippen molar-refractivity contribution in [2.75, 3.05) is 27.9 Å². The largest absolute Gasteiger partial charge is 0.497 e. The Labute approximate surface area is 154 Å². The quantitative estimate of drug-likeness (QED) is 0.552. The first-order valence-electron chi connectivity index (χ1n) is 8.87. The van der Waals surface area contributed by atoms with Crippen molar-refractivity contribution in [2.45, 2.75) is 38.1 Å². The van der Waals surface area contributed by atoms with Crippen LogP contribution >= 0.6 is 0 Å². The number of hydrogen-bond donors (Lipinski definition) is 0. The molecule has 1 aromatic carbocycles. The second-order valence-electron chi connectivity index (χ2n) is 6.35. The predicted molar refractivity (Wildman–Crippen MR) is 99.2 cm³/mol. The van der Waals surface area contributed by atoms with Crippen LogP contribution in [0, 0.1) is 0 Å². The summed E-state index contributed by atoms with van der Waals surface area (Å²) in [6.45, 7) is -0.245. The number of rotatable bonds is 7. The highest BCUT2D eigenvalue weighted by molar-refractivity contribution is 5.89. The number of nitrogens with zero attached hydrogens (tertiary/aromatic N) is 1. The Morgan fingerprint density at radius 2 is 1.88 bits per heavy atom. The van der Waals surface area contributed by atoms with Crippen molar-refractivity contribution in [1.82, 2.24) is 4.90 Å². The topological polar surface area (TPSA) is 65.1 Å². The summed E-state index contributed by atoms with van der Waals surface area (Å²) in [6.07, 6.45) is 8.42. The predicted octanol–water partition coefficient (Wildman–Crippen LogP) is 3.05. The molecule has 2 rings (SSSR count). The van der Waals surface area contributed by atoms with Crippen LogP contribution in [0.3, 0.4) is 0 Å². The molecule has 1 fully saturated rings. The zero-order chi connectivity index (χ0) is 18.9. The van der Waals surface area contributed by atoms with Gasteiger partial charge in [-0.05, 0) is 37.1 Å². The fourth-order valence-corrected chi connectivity index (χ4v) is 3.08. The normalized spacial score (nSPS) is 14.9. The molecular weight excluding hydrogens is 334 g/mol.